The highest BCUT2D eigenvalue weighted by molar-refractivity contribution is 7.09. The first-order chi connectivity index (χ1) is 9.81. The SMILES string of the molecule is Cn1cc(CN2CCCC[C@@H]2CCc2cccs2)cn1. The number of rotatable bonds is 5. The minimum atomic E-state index is 0.742. The van der Waals surface area contributed by atoms with Gasteiger partial charge in [-0.3, -0.25) is 9.58 Å². The molecule has 0 N–H and O–H groups in total. The number of hydrogen-bond acceptors (Lipinski definition) is 3. The van der Waals surface area contributed by atoms with Crippen LogP contribution < -0.4 is 0 Å². The van der Waals surface area contributed by atoms with Crippen molar-refractivity contribution in [1.82, 2.24) is 14.7 Å². The smallest absolute Gasteiger partial charge is 0.0534 e. The lowest BCUT2D eigenvalue weighted by Gasteiger charge is -2.35. The zero-order valence-electron chi connectivity index (χ0n) is 12.2. The lowest BCUT2D eigenvalue weighted by atomic mass is 9.97. The number of aryl methyl sites for hydroxylation is 2. The Labute approximate surface area is 125 Å². The minimum Gasteiger partial charge on any atom is -0.296 e. The van der Waals surface area contributed by atoms with E-state index in [9.17, 15) is 0 Å². The summed E-state index contributed by atoms with van der Waals surface area (Å²) in [6, 6.07) is 5.17. The summed E-state index contributed by atoms with van der Waals surface area (Å²) in [6.45, 7) is 2.30. The molecule has 108 valence electrons. The van der Waals surface area contributed by atoms with Gasteiger partial charge in [0.15, 0.2) is 0 Å². The summed E-state index contributed by atoms with van der Waals surface area (Å²) >= 11 is 1.89. The van der Waals surface area contributed by atoms with Crippen LogP contribution in [-0.4, -0.2) is 27.3 Å². The van der Waals surface area contributed by atoms with Gasteiger partial charge in [0, 0.05) is 36.3 Å². The molecule has 1 fully saturated rings. The van der Waals surface area contributed by atoms with Crippen LogP contribution in [0.15, 0.2) is 29.9 Å². The highest BCUT2D eigenvalue weighted by Gasteiger charge is 2.22. The van der Waals surface area contributed by atoms with E-state index in [4.69, 9.17) is 0 Å². The Balaban J connectivity index is 1.58. The fraction of sp³-hybridized carbons (Fsp3) is 0.562. The maximum Gasteiger partial charge on any atom is 0.0534 e. The van der Waals surface area contributed by atoms with E-state index < -0.39 is 0 Å². The largest absolute Gasteiger partial charge is 0.296 e. The van der Waals surface area contributed by atoms with Crippen LogP contribution in [0.3, 0.4) is 0 Å². The van der Waals surface area contributed by atoms with Gasteiger partial charge in [0.25, 0.3) is 0 Å². The maximum atomic E-state index is 4.29. The van der Waals surface area contributed by atoms with Gasteiger partial charge in [0.2, 0.25) is 0 Å². The van der Waals surface area contributed by atoms with Crippen molar-refractivity contribution in [2.75, 3.05) is 6.54 Å². The third kappa shape index (κ3) is 3.49. The molecule has 0 unspecified atom stereocenters. The lowest BCUT2D eigenvalue weighted by Crippen LogP contribution is -2.39. The Morgan fingerprint density at radius 2 is 2.35 bits per heavy atom. The van der Waals surface area contributed by atoms with E-state index in [2.05, 4.69) is 33.7 Å². The van der Waals surface area contributed by atoms with Gasteiger partial charge in [0.05, 0.1) is 6.20 Å². The molecule has 1 aliphatic rings. The maximum absolute atomic E-state index is 4.29. The molecule has 1 aliphatic heterocycles. The van der Waals surface area contributed by atoms with Gasteiger partial charge < -0.3 is 0 Å². The van der Waals surface area contributed by atoms with E-state index in [0.29, 0.717) is 0 Å². The molecule has 0 bridgehead atoms. The molecule has 0 amide bonds. The Morgan fingerprint density at radius 1 is 1.40 bits per heavy atom. The first-order valence-corrected chi connectivity index (χ1v) is 8.43. The van der Waals surface area contributed by atoms with Crippen LogP contribution in [-0.2, 0) is 20.0 Å². The van der Waals surface area contributed by atoms with E-state index in [0.717, 1.165) is 12.6 Å². The van der Waals surface area contributed by atoms with Gasteiger partial charge in [-0.1, -0.05) is 12.5 Å². The first-order valence-electron chi connectivity index (χ1n) is 7.55. The predicted molar refractivity (Wildman–Crippen MR) is 83.9 cm³/mol. The summed E-state index contributed by atoms with van der Waals surface area (Å²) in [5, 5.41) is 6.47. The van der Waals surface area contributed by atoms with Crippen LogP contribution in [0.1, 0.15) is 36.1 Å². The van der Waals surface area contributed by atoms with E-state index in [1.54, 1.807) is 0 Å². The van der Waals surface area contributed by atoms with Crippen molar-refractivity contribution in [2.24, 2.45) is 7.05 Å². The molecular weight excluding hydrogens is 266 g/mol. The van der Waals surface area contributed by atoms with Gasteiger partial charge in [-0.25, -0.2) is 0 Å². The molecule has 3 rings (SSSR count). The second kappa shape index (κ2) is 6.55. The van der Waals surface area contributed by atoms with Crippen molar-refractivity contribution in [2.45, 2.75) is 44.7 Å². The number of hydrogen-bond donors (Lipinski definition) is 0. The predicted octanol–water partition coefficient (Wildman–Crippen LogP) is 3.47. The molecule has 20 heavy (non-hydrogen) atoms. The van der Waals surface area contributed by atoms with Gasteiger partial charge >= 0.3 is 0 Å². The summed E-state index contributed by atoms with van der Waals surface area (Å²) in [7, 11) is 1.99. The molecule has 2 aromatic rings. The molecule has 0 spiro atoms. The Kier molecular flexibility index (Phi) is 4.53. The standard InChI is InChI=1S/C16H23N3S/c1-18-12-14(11-17-18)13-19-9-3-2-5-15(19)7-8-16-6-4-10-20-16/h4,6,10-12,15H,2-3,5,7-9,13H2,1H3/t15-/m1/s1. The molecule has 3 nitrogen and oxygen atoms in total. The molecule has 0 aromatic carbocycles. The van der Waals surface area contributed by atoms with Crippen molar-refractivity contribution < 1.29 is 0 Å². The Hall–Kier alpha value is -1.13. The molecule has 4 heteroatoms. The van der Waals surface area contributed by atoms with Crippen LogP contribution in [0.25, 0.3) is 0 Å². The third-order valence-electron chi connectivity index (χ3n) is 4.20. The molecule has 0 aliphatic carbocycles. The first kappa shape index (κ1) is 13.8. The summed E-state index contributed by atoms with van der Waals surface area (Å²) in [5.41, 5.74) is 1.34. The molecule has 0 saturated carbocycles. The van der Waals surface area contributed by atoms with Gasteiger partial charge in [0.1, 0.15) is 0 Å². The van der Waals surface area contributed by atoms with Crippen molar-refractivity contribution in [3.05, 3.63) is 40.3 Å². The monoisotopic (exact) mass is 289 g/mol. The fourth-order valence-corrected chi connectivity index (χ4v) is 3.87. The number of likely N-dealkylation sites (tertiary alicyclic amines) is 1. The van der Waals surface area contributed by atoms with Crippen LogP contribution in [0.5, 0.6) is 0 Å². The highest BCUT2D eigenvalue weighted by atomic mass is 32.1. The van der Waals surface area contributed by atoms with E-state index in [1.165, 1.54) is 49.1 Å². The fourth-order valence-electron chi connectivity index (χ4n) is 3.15. The zero-order chi connectivity index (χ0) is 13.8. The Morgan fingerprint density at radius 3 is 3.10 bits per heavy atom. The van der Waals surface area contributed by atoms with Crippen LogP contribution in [0.2, 0.25) is 0 Å². The van der Waals surface area contributed by atoms with E-state index >= 15 is 0 Å². The number of thiophene rings is 1. The third-order valence-corrected chi connectivity index (χ3v) is 5.13. The molecule has 3 heterocycles. The van der Waals surface area contributed by atoms with Crippen molar-refractivity contribution >= 4 is 11.3 Å². The highest BCUT2D eigenvalue weighted by Crippen LogP contribution is 2.24. The number of aromatic nitrogens is 2. The van der Waals surface area contributed by atoms with Gasteiger partial charge in [-0.15, -0.1) is 11.3 Å². The minimum absolute atomic E-state index is 0.742. The quantitative estimate of drug-likeness (QED) is 0.840. The van der Waals surface area contributed by atoms with E-state index in [-0.39, 0.29) is 0 Å². The average molecular weight is 289 g/mol. The molecule has 0 radical (unpaired) electrons. The van der Waals surface area contributed by atoms with Gasteiger partial charge in [-0.2, -0.15) is 5.10 Å². The normalized spacial score (nSPS) is 20.4. The van der Waals surface area contributed by atoms with Crippen molar-refractivity contribution in [1.29, 1.82) is 0 Å². The molecule has 1 saturated heterocycles. The second-order valence-corrected chi connectivity index (χ2v) is 6.79. The summed E-state index contributed by atoms with van der Waals surface area (Å²) in [6.07, 6.45) is 10.8. The molecule has 2 aromatic heterocycles. The average Bonchev–Trinajstić information content (AvgIpc) is 3.10. The van der Waals surface area contributed by atoms with Crippen molar-refractivity contribution in [3.63, 3.8) is 0 Å². The van der Waals surface area contributed by atoms with E-state index in [1.807, 2.05) is 29.3 Å². The summed E-state index contributed by atoms with van der Waals surface area (Å²) < 4.78 is 1.90. The zero-order valence-corrected chi connectivity index (χ0v) is 13.0. The van der Waals surface area contributed by atoms with Crippen LogP contribution in [0.4, 0.5) is 0 Å². The van der Waals surface area contributed by atoms with Crippen LogP contribution in [0, 0.1) is 0 Å². The number of piperidine rings is 1. The summed E-state index contributed by atoms with van der Waals surface area (Å²) in [4.78, 5) is 4.19. The summed E-state index contributed by atoms with van der Waals surface area (Å²) in [5.74, 6) is 0. The Bertz CT molecular complexity index is 518. The van der Waals surface area contributed by atoms with Gasteiger partial charge in [-0.05, 0) is 43.7 Å². The number of nitrogens with zero attached hydrogens (tertiary/aromatic N) is 3. The topological polar surface area (TPSA) is 21.1 Å². The lowest BCUT2D eigenvalue weighted by molar-refractivity contribution is 0.132. The second-order valence-electron chi connectivity index (χ2n) is 5.76. The van der Waals surface area contributed by atoms with Crippen LogP contribution >= 0.6 is 11.3 Å². The molecular formula is C16H23N3S. The van der Waals surface area contributed by atoms with Crippen molar-refractivity contribution in [3.8, 4) is 0 Å². The molecule has 1 atom stereocenters.